The molecule has 2 N–H and O–H groups in total. The zero-order valence-corrected chi connectivity index (χ0v) is 5.66. The molecule has 0 aromatic rings. The lowest BCUT2D eigenvalue weighted by Gasteiger charge is -2.34. The van der Waals surface area contributed by atoms with Gasteiger partial charge in [0.2, 0.25) is 5.91 Å². The van der Waals surface area contributed by atoms with E-state index in [0.29, 0.717) is 0 Å². The summed E-state index contributed by atoms with van der Waals surface area (Å²) in [6.45, 7) is 1.56. The lowest BCUT2D eigenvalue weighted by molar-refractivity contribution is -0.138. The van der Waals surface area contributed by atoms with Gasteiger partial charge in [0, 0.05) is 0 Å². The van der Waals surface area contributed by atoms with Crippen molar-refractivity contribution >= 4 is 5.91 Å². The molecule has 0 bridgehead atoms. The predicted molar refractivity (Wildman–Crippen MR) is 35.9 cm³/mol. The maximum atomic E-state index is 10.7. The Bertz CT molecular complexity index is 192. The molecular weight excluding hydrogens is 130 g/mol. The highest BCUT2D eigenvalue weighted by Crippen LogP contribution is 2.17. The molecule has 3 nitrogen and oxygen atoms in total. The van der Waals surface area contributed by atoms with Gasteiger partial charge in [-0.2, -0.15) is 0 Å². The van der Waals surface area contributed by atoms with Crippen molar-refractivity contribution in [2.24, 2.45) is 5.92 Å². The van der Waals surface area contributed by atoms with Crippen LogP contribution in [0.4, 0.5) is 0 Å². The van der Waals surface area contributed by atoms with Gasteiger partial charge in [-0.05, 0) is 6.92 Å². The smallest absolute Gasteiger partial charge is 0.229 e. The second-order valence-electron chi connectivity index (χ2n) is 2.42. The van der Waals surface area contributed by atoms with E-state index in [9.17, 15) is 4.79 Å². The van der Waals surface area contributed by atoms with Crippen molar-refractivity contribution in [2.75, 3.05) is 0 Å². The van der Waals surface area contributed by atoms with Crippen molar-refractivity contribution in [3.63, 3.8) is 0 Å². The van der Waals surface area contributed by atoms with Crippen LogP contribution in [0.2, 0.25) is 0 Å². The van der Waals surface area contributed by atoms with Crippen LogP contribution in [0.1, 0.15) is 6.92 Å². The zero-order chi connectivity index (χ0) is 7.72. The summed E-state index contributed by atoms with van der Waals surface area (Å²) >= 11 is 0. The number of amides is 1. The molecule has 1 saturated heterocycles. The Morgan fingerprint density at radius 3 is 2.70 bits per heavy atom. The van der Waals surface area contributed by atoms with Crippen LogP contribution in [-0.2, 0) is 4.79 Å². The summed E-state index contributed by atoms with van der Waals surface area (Å²) in [5, 5.41) is 11.5. The second kappa shape index (κ2) is 2.31. The van der Waals surface area contributed by atoms with E-state index in [-0.39, 0.29) is 11.9 Å². The summed E-state index contributed by atoms with van der Waals surface area (Å²) in [4.78, 5) is 10.7. The van der Waals surface area contributed by atoms with Crippen LogP contribution >= 0.6 is 0 Å². The van der Waals surface area contributed by atoms with Crippen molar-refractivity contribution in [1.82, 2.24) is 5.32 Å². The molecule has 0 radical (unpaired) electrons. The Morgan fingerprint density at radius 2 is 2.50 bits per heavy atom. The Hall–Kier alpha value is -1.01. The van der Waals surface area contributed by atoms with E-state index < -0.39 is 12.0 Å². The van der Waals surface area contributed by atoms with E-state index >= 15 is 0 Å². The molecule has 3 atom stereocenters. The quantitative estimate of drug-likeness (QED) is 0.366. The molecule has 0 spiro atoms. The molecule has 1 aliphatic rings. The molecule has 1 amide bonds. The molecular formula is C7H9NO2. The van der Waals surface area contributed by atoms with Gasteiger partial charge in [-0.3, -0.25) is 4.79 Å². The average molecular weight is 139 g/mol. The first-order valence-corrected chi connectivity index (χ1v) is 3.11. The van der Waals surface area contributed by atoms with Crippen LogP contribution in [0, 0.1) is 18.3 Å². The fourth-order valence-corrected chi connectivity index (χ4v) is 1.04. The summed E-state index contributed by atoms with van der Waals surface area (Å²) in [7, 11) is 0. The summed E-state index contributed by atoms with van der Waals surface area (Å²) < 4.78 is 0. The summed E-state index contributed by atoms with van der Waals surface area (Å²) in [5.74, 6) is 1.82. The molecule has 10 heavy (non-hydrogen) atoms. The van der Waals surface area contributed by atoms with Crippen LogP contribution in [0.3, 0.4) is 0 Å². The van der Waals surface area contributed by atoms with E-state index in [2.05, 4.69) is 11.2 Å². The number of aliphatic hydroxyl groups is 1. The lowest BCUT2D eigenvalue weighted by atomic mass is 9.87. The lowest BCUT2D eigenvalue weighted by Crippen LogP contribution is -2.61. The first kappa shape index (κ1) is 7.10. The average Bonchev–Trinajstić information content (AvgIpc) is 1.80. The van der Waals surface area contributed by atoms with Gasteiger partial charge in [-0.1, -0.05) is 5.92 Å². The number of carbonyl (C=O) groups excluding carboxylic acids is 1. The number of β-lactam (4-membered cyclic amide) rings is 1. The van der Waals surface area contributed by atoms with Gasteiger partial charge in [0.1, 0.15) is 6.04 Å². The summed E-state index contributed by atoms with van der Waals surface area (Å²) in [6, 6.07) is -0.271. The minimum absolute atomic E-state index is 0.155. The monoisotopic (exact) mass is 139 g/mol. The van der Waals surface area contributed by atoms with Gasteiger partial charge in [-0.25, -0.2) is 0 Å². The van der Waals surface area contributed by atoms with E-state index in [1.54, 1.807) is 6.92 Å². The first-order valence-electron chi connectivity index (χ1n) is 3.11. The fourth-order valence-electron chi connectivity index (χ4n) is 1.04. The topological polar surface area (TPSA) is 49.3 Å². The van der Waals surface area contributed by atoms with Crippen molar-refractivity contribution in [3.8, 4) is 12.3 Å². The standard InChI is InChI=1S/C7H9NO2/c1-3-5-6(4(2)9)7(10)8-5/h1,4-6,9H,2H3,(H,8,10)/t4?,5-,6-/m1/s1. The van der Waals surface area contributed by atoms with E-state index in [1.165, 1.54) is 0 Å². The molecule has 0 saturated carbocycles. The van der Waals surface area contributed by atoms with Crippen LogP contribution in [0.5, 0.6) is 0 Å². The van der Waals surface area contributed by atoms with Crippen molar-refractivity contribution in [3.05, 3.63) is 0 Å². The van der Waals surface area contributed by atoms with Gasteiger partial charge in [0.25, 0.3) is 0 Å². The molecule has 1 fully saturated rings. The van der Waals surface area contributed by atoms with Gasteiger partial charge in [0.05, 0.1) is 12.0 Å². The molecule has 54 valence electrons. The molecule has 0 aromatic heterocycles. The Labute approximate surface area is 59.4 Å². The van der Waals surface area contributed by atoms with Crippen LogP contribution in [0.25, 0.3) is 0 Å². The van der Waals surface area contributed by atoms with Crippen LogP contribution in [0.15, 0.2) is 0 Å². The Kier molecular flexibility index (Phi) is 1.64. The van der Waals surface area contributed by atoms with Gasteiger partial charge < -0.3 is 10.4 Å². The Morgan fingerprint density at radius 1 is 1.90 bits per heavy atom. The second-order valence-corrected chi connectivity index (χ2v) is 2.42. The highest BCUT2D eigenvalue weighted by atomic mass is 16.3. The molecule has 0 aliphatic carbocycles. The minimum Gasteiger partial charge on any atom is -0.392 e. The number of terminal acetylenes is 1. The van der Waals surface area contributed by atoms with Crippen LogP contribution in [-0.4, -0.2) is 23.2 Å². The molecule has 3 heteroatoms. The third kappa shape index (κ3) is 0.869. The SMILES string of the molecule is C#C[C@H]1NC(=O)[C@@H]1C(C)O. The number of carbonyl (C=O) groups is 1. The van der Waals surface area contributed by atoms with E-state index in [4.69, 9.17) is 11.5 Å². The number of nitrogens with one attached hydrogen (secondary N) is 1. The molecule has 1 heterocycles. The third-order valence-corrected chi connectivity index (χ3v) is 1.66. The molecule has 1 unspecified atom stereocenters. The van der Waals surface area contributed by atoms with Crippen molar-refractivity contribution in [1.29, 1.82) is 0 Å². The molecule has 0 aromatic carbocycles. The van der Waals surface area contributed by atoms with E-state index in [1.807, 2.05) is 0 Å². The van der Waals surface area contributed by atoms with Gasteiger partial charge >= 0.3 is 0 Å². The maximum absolute atomic E-state index is 10.7. The number of hydrogen-bond donors (Lipinski definition) is 2. The fraction of sp³-hybridized carbons (Fsp3) is 0.571. The van der Waals surface area contributed by atoms with Crippen LogP contribution < -0.4 is 5.32 Å². The number of hydrogen-bond acceptors (Lipinski definition) is 2. The first-order chi connectivity index (χ1) is 4.66. The summed E-state index contributed by atoms with van der Waals surface area (Å²) in [6.07, 6.45) is 4.40. The van der Waals surface area contributed by atoms with Crippen molar-refractivity contribution < 1.29 is 9.90 Å². The highest BCUT2D eigenvalue weighted by molar-refractivity contribution is 5.87. The number of rotatable bonds is 1. The predicted octanol–water partition coefficient (Wildman–Crippen LogP) is -0.885. The summed E-state index contributed by atoms with van der Waals surface area (Å²) in [5.41, 5.74) is 0. The van der Waals surface area contributed by atoms with Gasteiger partial charge in [0.15, 0.2) is 0 Å². The third-order valence-electron chi connectivity index (χ3n) is 1.66. The normalized spacial score (nSPS) is 33.5. The largest absolute Gasteiger partial charge is 0.392 e. The highest BCUT2D eigenvalue weighted by Gasteiger charge is 2.41. The van der Waals surface area contributed by atoms with Gasteiger partial charge in [-0.15, -0.1) is 6.42 Å². The Balaban J connectivity index is 2.58. The molecule has 1 rings (SSSR count). The van der Waals surface area contributed by atoms with Crippen molar-refractivity contribution in [2.45, 2.75) is 19.1 Å². The minimum atomic E-state index is -0.644. The number of aliphatic hydroxyl groups excluding tert-OH is 1. The zero-order valence-electron chi connectivity index (χ0n) is 5.66. The van der Waals surface area contributed by atoms with E-state index in [0.717, 1.165) is 0 Å². The maximum Gasteiger partial charge on any atom is 0.229 e. The molecule has 1 aliphatic heterocycles.